The first-order chi connectivity index (χ1) is 8.04. The Morgan fingerprint density at radius 3 is 2.39 bits per heavy atom. The standard InChI is InChI=1S/C11H18N4O3/c1-10(2,11(3,4)16)14-9-7(15(17)18)5-6-8(12)13-9/h5-6,16H,1-4H3,(H3,12,13,14). The first kappa shape index (κ1) is 14.2. The summed E-state index contributed by atoms with van der Waals surface area (Å²) in [6, 6.07) is 2.64. The molecule has 0 bridgehead atoms. The van der Waals surface area contributed by atoms with Crippen LogP contribution in [0.5, 0.6) is 0 Å². The number of nitro groups is 1. The predicted molar refractivity (Wildman–Crippen MR) is 69.3 cm³/mol. The number of anilines is 2. The van der Waals surface area contributed by atoms with Crippen molar-refractivity contribution in [2.45, 2.75) is 38.8 Å². The van der Waals surface area contributed by atoms with Gasteiger partial charge in [-0.2, -0.15) is 0 Å². The zero-order valence-electron chi connectivity index (χ0n) is 10.9. The number of hydrogen-bond donors (Lipinski definition) is 3. The summed E-state index contributed by atoms with van der Waals surface area (Å²) in [5, 5.41) is 23.8. The van der Waals surface area contributed by atoms with E-state index in [-0.39, 0.29) is 17.3 Å². The maximum atomic E-state index is 10.9. The molecule has 7 heteroatoms. The smallest absolute Gasteiger partial charge is 0.311 e. The van der Waals surface area contributed by atoms with Crippen LogP contribution in [0, 0.1) is 10.1 Å². The van der Waals surface area contributed by atoms with E-state index in [0.717, 1.165) is 0 Å². The maximum Gasteiger partial charge on any atom is 0.311 e. The van der Waals surface area contributed by atoms with Crippen LogP contribution >= 0.6 is 0 Å². The molecule has 0 unspecified atom stereocenters. The molecule has 4 N–H and O–H groups in total. The van der Waals surface area contributed by atoms with Crippen LogP contribution in [0.4, 0.5) is 17.3 Å². The highest BCUT2D eigenvalue weighted by atomic mass is 16.6. The summed E-state index contributed by atoms with van der Waals surface area (Å²) in [6.07, 6.45) is 0. The Balaban J connectivity index is 3.18. The van der Waals surface area contributed by atoms with Gasteiger partial charge in [0.05, 0.1) is 16.1 Å². The Bertz CT molecular complexity index is 466. The summed E-state index contributed by atoms with van der Waals surface area (Å²) < 4.78 is 0. The van der Waals surface area contributed by atoms with Crippen molar-refractivity contribution in [1.82, 2.24) is 4.98 Å². The number of nitrogens with one attached hydrogen (secondary N) is 1. The Labute approximate surface area is 105 Å². The lowest BCUT2D eigenvalue weighted by Gasteiger charge is -2.38. The van der Waals surface area contributed by atoms with Gasteiger partial charge in [-0.1, -0.05) is 0 Å². The summed E-state index contributed by atoms with van der Waals surface area (Å²) in [4.78, 5) is 14.3. The van der Waals surface area contributed by atoms with Crippen molar-refractivity contribution >= 4 is 17.3 Å². The minimum atomic E-state index is -1.09. The third kappa shape index (κ3) is 2.86. The van der Waals surface area contributed by atoms with Crippen molar-refractivity contribution in [3.8, 4) is 0 Å². The van der Waals surface area contributed by atoms with E-state index in [1.54, 1.807) is 27.7 Å². The molecule has 0 fully saturated rings. The van der Waals surface area contributed by atoms with Crippen molar-refractivity contribution in [1.29, 1.82) is 0 Å². The SMILES string of the molecule is CC(C)(O)C(C)(C)Nc1nc(N)ccc1[N+](=O)[O-]. The molecular formula is C11H18N4O3. The van der Waals surface area contributed by atoms with E-state index < -0.39 is 16.1 Å². The number of hydrogen-bond acceptors (Lipinski definition) is 6. The van der Waals surface area contributed by atoms with Gasteiger partial charge in [-0.25, -0.2) is 4.98 Å². The zero-order valence-corrected chi connectivity index (χ0v) is 10.9. The van der Waals surface area contributed by atoms with Crippen LogP contribution in [0.2, 0.25) is 0 Å². The van der Waals surface area contributed by atoms with Crippen LogP contribution < -0.4 is 11.1 Å². The van der Waals surface area contributed by atoms with Crippen molar-refractivity contribution in [2.75, 3.05) is 11.1 Å². The number of nitrogen functional groups attached to an aromatic ring is 1. The lowest BCUT2D eigenvalue weighted by atomic mass is 9.86. The summed E-state index contributed by atoms with van der Waals surface area (Å²) in [7, 11) is 0. The Hall–Kier alpha value is -1.89. The molecule has 1 aromatic rings. The van der Waals surface area contributed by atoms with E-state index in [2.05, 4.69) is 10.3 Å². The molecule has 18 heavy (non-hydrogen) atoms. The Morgan fingerprint density at radius 1 is 1.39 bits per heavy atom. The molecule has 0 amide bonds. The monoisotopic (exact) mass is 254 g/mol. The van der Waals surface area contributed by atoms with Gasteiger partial charge in [0.1, 0.15) is 5.82 Å². The number of aliphatic hydroxyl groups is 1. The lowest BCUT2D eigenvalue weighted by Crippen LogP contribution is -2.51. The van der Waals surface area contributed by atoms with Gasteiger partial charge >= 0.3 is 5.69 Å². The van der Waals surface area contributed by atoms with Crippen LogP contribution in [0.25, 0.3) is 0 Å². The van der Waals surface area contributed by atoms with Gasteiger partial charge in [0, 0.05) is 6.07 Å². The molecule has 0 atom stereocenters. The summed E-state index contributed by atoms with van der Waals surface area (Å²) in [5.74, 6) is 0.224. The Kier molecular flexibility index (Phi) is 3.47. The summed E-state index contributed by atoms with van der Waals surface area (Å²) in [5.41, 5.74) is 3.44. The first-order valence-electron chi connectivity index (χ1n) is 5.46. The number of aromatic nitrogens is 1. The average molecular weight is 254 g/mol. The number of pyridine rings is 1. The molecule has 1 heterocycles. The fourth-order valence-electron chi connectivity index (χ4n) is 1.16. The van der Waals surface area contributed by atoms with E-state index in [4.69, 9.17) is 5.73 Å². The van der Waals surface area contributed by atoms with Crippen molar-refractivity contribution in [3.05, 3.63) is 22.2 Å². The van der Waals surface area contributed by atoms with Crippen LogP contribution in [0.1, 0.15) is 27.7 Å². The van der Waals surface area contributed by atoms with E-state index in [0.29, 0.717) is 0 Å². The molecule has 7 nitrogen and oxygen atoms in total. The van der Waals surface area contributed by atoms with E-state index in [1.807, 2.05) is 0 Å². The molecule has 0 aliphatic carbocycles. The third-order valence-electron chi connectivity index (χ3n) is 3.05. The second-order valence-electron chi connectivity index (χ2n) is 5.17. The van der Waals surface area contributed by atoms with Crippen molar-refractivity contribution < 1.29 is 10.0 Å². The second kappa shape index (κ2) is 4.41. The zero-order chi connectivity index (χ0) is 14.1. The molecule has 0 aliphatic rings. The molecule has 0 aromatic carbocycles. The molecule has 100 valence electrons. The minimum Gasteiger partial charge on any atom is -0.388 e. The van der Waals surface area contributed by atoms with E-state index in [1.165, 1.54) is 12.1 Å². The molecule has 0 saturated heterocycles. The van der Waals surface area contributed by atoms with E-state index in [9.17, 15) is 15.2 Å². The quantitative estimate of drug-likeness (QED) is 0.554. The normalized spacial score (nSPS) is 12.3. The number of rotatable bonds is 4. The third-order valence-corrected chi connectivity index (χ3v) is 3.05. The van der Waals surface area contributed by atoms with Crippen LogP contribution in [0.3, 0.4) is 0 Å². The maximum absolute atomic E-state index is 10.9. The highest BCUT2D eigenvalue weighted by Crippen LogP contribution is 2.30. The lowest BCUT2D eigenvalue weighted by molar-refractivity contribution is -0.384. The number of nitrogens with two attached hydrogens (primary N) is 1. The predicted octanol–water partition coefficient (Wildman–Crippen LogP) is 1.53. The van der Waals surface area contributed by atoms with Gasteiger partial charge in [0.15, 0.2) is 0 Å². The summed E-state index contributed by atoms with van der Waals surface area (Å²) >= 11 is 0. The molecule has 1 aromatic heterocycles. The largest absolute Gasteiger partial charge is 0.388 e. The van der Waals surface area contributed by atoms with Crippen LogP contribution in [0.15, 0.2) is 12.1 Å². The fraction of sp³-hybridized carbons (Fsp3) is 0.545. The highest BCUT2D eigenvalue weighted by Gasteiger charge is 2.36. The van der Waals surface area contributed by atoms with Gasteiger partial charge in [-0.05, 0) is 33.8 Å². The molecule has 0 aliphatic heterocycles. The molecule has 0 saturated carbocycles. The molecular weight excluding hydrogens is 236 g/mol. The van der Waals surface area contributed by atoms with Crippen LogP contribution in [-0.4, -0.2) is 26.2 Å². The first-order valence-corrected chi connectivity index (χ1v) is 5.46. The Morgan fingerprint density at radius 2 is 1.94 bits per heavy atom. The highest BCUT2D eigenvalue weighted by molar-refractivity contribution is 5.60. The topological polar surface area (TPSA) is 114 Å². The molecule has 0 radical (unpaired) electrons. The molecule has 0 spiro atoms. The minimum absolute atomic E-state index is 0.0483. The van der Waals surface area contributed by atoms with Gasteiger partial charge in [-0.15, -0.1) is 0 Å². The summed E-state index contributed by atoms with van der Waals surface area (Å²) in [6.45, 7) is 6.67. The number of nitrogens with zero attached hydrogens (tertiary/aromatic N) is 2. The van der Waals surface area contributed by atoms with Gasteiger partial charge < -0.3 is 16.2 Å². The fourth-order valence-corrected chi connectivity index (χ4v) is 1.16. The van der Waals surface area contributed by atoms with Gasteiger partial charge in [0.25, 0.3) is 0 Å². The van der Waals surface area contributed by atoms with Crippen molar-refractivity contribution in [2.24, 2.45) is 0 Å². The average Bonchev–Trinajstić information content (AvgIpc) is 2.14. The van der Waals surface area contributed by atoms with Crippen LogP contribution in [-0.2, 0) is 0 Å². The van der Waals surface area contributed by atoms with Gasteiger partial charge in [0.2, 0.25) is 5.82 Å². The van der Waals surface area contributed by atoms with E-state index >= 15 is 0 Å². The second-order valence-corrected chi connectivity index (χ2v) is 5.17. The molecule has 1 rings (SSSR count). The van der Waals surface area contributed by atoms with Crippen molar-refractivity contribution in [3.63, 3.8) is 0 Å². The van der Waals surface area contributed by atoms with Gasteiger partial charge in [-0.3, -0.25) is 10.1 Å².